The summed E-state index contributed by atoms with van der Waals surface area (Å²) in [6.45, 7) is 0. The summed E-state index contributed by atoms with van der Waals surface area (Å²) in [5.74, 6) is 1.08. The highest BCUT2D eigenvalue weighted by Crippen LogP contribution is 2.27. The van der Waals surface area contributed by atoms with Crippen molar-refractivity contribution in [3.8, 4) is 22.8 Å². The zero-order chi connectivity index (χ0) is 14.9. The van der Waals surface area contributed by atoms with Crippen molar-refractivity contribution in [1.29, 1.82) is 0 Å². The second-order valence-corrected chi connectivity index (χ2v) is 6.92. The van der Waals surface area contributed by atoms with Gasteiger partial charge in [0, 0.05) is 21.8 Å². The van der Waals surface area contributed by atoms with Gasteiger partial charge in [0.2, 0.25) is 5.89 Å². The van der Waals surface area contributed by atoms with Crippen LogP contribution in [-0.2, 0) is 9.05 Å². The first kappa shape index (κ1) is 13.9. The lowest BCUT2D eigenvalue weighted by atomic mass is 10.2. The molecule has 0 atom stereocenters. The fourth-order valence-electron chi connectivity index (χ4n) is 1.90. The number of rotatable bonds is 3. The van der Waals surface area contributed by atoms with E-state index in [4.69, 9.17) is 15.1 Å². The third kappa shape index (κ3) is 2.99. The van der Waals surface area contributed by atoms with E-state index in [9.17, 15) is 8.42 Å². The molecule has 0 bridgehead atoms. The van der Waals surface area contributed by atoms with Crippen LogP contribution in [0.3, 0.4) is 0 Å². The average Bonchev–Trinajstić information content (AvgIpc) is 2.97. The molecule has 21 heavy (non-hydrogen) atoms. The van der Waals surface area contributed by atoms with Gasteiger partial charge in [-0.3, -0.25) is 0 Å². The highest BCUT2D eigenvalue weighted by molar-refractivity contribution is 8.13. The molecule has 2 aromatic carbocycles. The molecule has 0 radical (unpaired) electrons. The Morgan fingerprint density at radius 2 is 1.57 bits per heavy atom. The third-order valence-electron chi connectivity index (χ3n) is 2.95. The van der Waals surface area contributed by atoms with Crippen molar-refractivity contribution in [3.05, 3.63) is 60.8 Å². The average molecular weight is 320 g/mol. The van der Waals surface area contributed by atoms with Crippen molar-refractivity contribution >= 4 is 19.7 Å². The molecular weight excluding hydrogens is 310 g/mol. The highest BCUT2D eigenvalue weighted by atomic mass is 35.7. The molecule has 6 heteroatoms. The van der Waals surface area contributed by atoms with E-state index in [0.717, 1.165) is 11.1 Å². The van der Waals surface area contributed by atoms with Crippen molar-refractivity contribution in [2.45, 2.75) is 4.90 Å². The number of aromatic nitrogens is 1. The molecular formula is C15H10ClNO3S. The van der Waals surface area contributed by atoms with Crippen LogP contribution in [0.4, 0.5) is 0 Å². The SMILES string of the molecule is O=S(=O)(Cl)c1ccc(-c2cnc(-c3ccccc3)o2)cc1. The van der Waals surface area contributed by atoms with Gasteiger partial charge in [-0.05, 0) is 36.4 Å². The van der Waals surface area contributed by atoms with Gasteiger partial charge in [0.1, 0.15) is 0 Å². The lowest BCUT2D eigenvalue weighted by Gasteiger charge is -1.99. The van der Waals surface area contributed by atoms with E-state index >= 15 is 0 Å². The fraction of sp³-hybridized carbons (Fsp3) is 0. The molecule has 0 spiro atoms. The predicted octanol–water partition coefficient (Wildman–Crippen LogP) is 3.94. The van der Waals surface area contributed by atoms with Crippen molar-refractivity contribution in [3.63, 3.8) is 0 Å². The van der Waals surface area contributed by atoms with Crippen LogP contribution in [-0.4, -0.2) is 13.4 Å². The van der Waals surface area contributed by atoms with Crippen LogP contribution in [0.15, 0.2) is 70.1 Å². The quantitative estimate of drug-likeness (QED) is 0.686. The summed E-state index contributed by atoms with van der Waals surface area (Å²) in [5, 5.41) is 0. The standard InChI is InChI=1S/C15H10ClNO3S/c16-21(18,19)13-8-6-11(7-9-13)14-10-17-15(20-14)12-4-2-1-3-5-12/h1-10H. The number of halogens is 1. The van der Waals surface area contributed by atoms with Gasteiger partial charge in [-0.25, -0.2) is 13.4 Å². The van der Waals surface area contributed by atoms with Gasteiger partial charge in [0.25, 0.3) is 9.05 Å². The van der Waals surface area contributed by atoms with Gasteiger partial charge in [0.15, 0.2) is 5.76 Å². The molecule has 0 unspecified atom stereocenters. The van der Waals surface area contributed by atoms with E-state index in [2.05, 4.69) is 4.98 Å². The Morgan fingerprint density at radius 3 is 2.19 bits per heavy atom. The van der Waals surface area contributed by atoms with Crippen molar-refractivity contribution in [1.82, 2.24) is 4.98 Å². The second-order valence-electron chi connectivity index (χ2n) is 4.36. The predicted molar refractivity (Wildman–Crippen MR) is 80.4 cm³/mol. The minimum absolute atomic E-state index is 0.0516. The summed E-state index contributed by atoms with van der Waals surface area (Å²) < 4.78 is 28.1. The topological polar surface area (TPSA) is 60.2 Å². The molecule has 0 amide bonds. The summed E-state index contributed by atoms with van der Waals surface area (Å²) in [7, 11) is 1.56. The van der Waals surface area contributed by atoms with Crippen LogP contribution < -0.4 is 0 Å². The van der Waals surface area contributed by atoms with Gasteiger partial charge in [0.05, 0.1) is 11.1 Å². The summed E-state index contributed by atoms with van der Waals surface area (Å²) in [6.07, 6.45) is 1.60. The Bertz CT molecular complexity index is 855. The van der Waals surface area contributed by atoms with Crippen LogP contribution >= 0.6 is 10.7 Å². The van der Waals surface area contributed by atoms with Crippen LogP contribution in [0, 0.1) is 0 Å². The van der Waals surface area contributed by atoms with E-state index in [1.165, 1.54) is 12.1 Å². The van der Waals surface area contributed by atoms with Gasteiger partial charge >= 0.3 is 0 Å². The van der Waals surface area contributed by atoms with Crippen LogP contribution in [0.1, 0.15) is 0 Å². The third-order valence-corrected chi connectivity index (χ3v) is 4.32. The van der Waals surface area contributed by atoms with Gasteiger partial charge < -0.3 is 4.42 Å². The minimum Gasteiger partial charge on any atom is -0.436 e. The maximum absolute atomic E-state index is 11.2. The van der Waals surface area contributed by atoms with Gasteiger partial charge in [-0.2, -0.15) is 0 Å². The van der Waals surface area contributed by atoms with E-state index in [1.54, 1.807) is 18.3 Å². The van der Waals surface area contributed by atoms with Crippen molar-refractivity contribution < 1.29 is 12.8 Å². The molecule has 1 heterocycles. The molecule has 3 rings (SSSR count). The van der Waals surface area contributed by atoms with Crippen LogP contribution in [0.25, 0.3) is 22.8 Å². The van der Waals surface area contributed by atoms with E-state index in [-0.39, 0.29) is 4.90 Å². The Kier molecular flexibility index (Phi) is 3.53. The summed E-state index contributed by atoms with van der Waals surface area (Å²) in [4.78, 5) is 4.27. The normalized spacial score (nSPS) is 11.5. The Labute approximate surface area is 126 Å². The Balaban J connectivity index is 1.94. The Morgan fingerprint density at radius 1 is 0.905 bits per heavy atom. The van der Waals surface area contributed by atoms with Gasteiger partial charge in [-0.15, -0.1) is 0 Å². The fourth-order valence-corrected chi connectivity index (χ4v) is 2.67. The lowest BCUT2D eigenvalue weighted by molar-refractivity contribution is 0.588. The minimum atomic E-state index is -3.71. The van der Waals surface area contributed by atoms with Crippen LogP contribution in [0.5, 0.6) is 0 Å². The summed E-state index contributed by atoms with van der Waals surface area (Å²) in [6, 6.07) is 15.6. The summed E-state index contributed by atoms with van der Waals surface area (Å²) >= 11 is 0. The van der Waals surface area contributed by atoms with E-state index in [1.807, 2.05) is 30.3 Å². The molecule has 1 aromatic heterocycles. The first-order valence-corrected chi connectivity index (χ1v) is 8.41. The zero-order valence-corrected chi connectivity index (χ0v) is 12.3. The Hall–Kier alpha value is -2.11. The smallest absolute Gasteiger partial charge is 0.261 e. The molecule has 4 nitrogen and oxygen atoms in total. The first-order valence-electron chi connectivity index (χ1n) is 6.10. The summed E-state index contributed by atoms with van der Waals surface area (Å²) in [5.41, 5.74) is 1.61. The number of benzene rings is 2. The molecule has 106 valence electrons. The molecule has 0 fully saturated rings. The van der Waals surface area contributed by atoms with Gasteiger partial charge in [-0.1, -0.05) is 18.2 Å². The molecule has 0 N–H and O–H groups in total. The first-order chi connectivity index (χ1) is 10.0. The molecule has 0 aliphatic carbocycles. The maximum atomic E-state index is 11.2. The van der Waals surface area contributed by atoms with Crippen molar-refractivity contribution in [2.75, 3.05) is 0 Å². The lowest BCUT2D eigenvalue weighted by Crippen LogP contribution is -1.89. The largest absolute Gasteiger partial charge is 0.436 e. The molecule has 0 aliphatic rings. The zero-order valence-electron chi connectivity index (χ0n) is 10.7. The van der Waals surface area contributed by atoms with E-state index < -0.39 is 9.05 Å². The molecule has 0 saturated carbocycles. The second kappa shape index (κ2) is 5.35. The van der Waals surface area contributed by atoms with E-state index in [0.29, 0.717) is 11.7 Å². The maximum Gasteiger partial charge on any atom is 0.261 e. The molecule has 0 saturated heterocycles. The number of hydrogen-bond donors (Lipinski definition) is 0. The van der Waals surface area contributed by atoms with Crippen LogP contribution in [0.2, 0.25) is 0 Å². The van der Waals surface area contributed by atoms with Crippen molar-refractivity contribution in [2.24, 2.45) is 0 Å². The molecule has 3 aromatic rings. The number of nitrogens with zero attached hydrogens (tertiary/aromatic N) is 1. The highest BCUT2D eigenvalue weighted by Gasteiger charge is 2.12. The molecule has 0 aliphatic heterocycles. The number of oxazole rings is 1. The monoisotopic (exact) mass is 319 g/mol. The number of hydrogen-bond acceptors (Lipinski definition) is 4.